The third-order valence-corrected chi connectivity index (χ3v) is 4.12. The molecule has 0 bridgehead atoms. The summed E-state index contributed by atoms with van der Waals surface area (Å²) in [4.78, 5) is 36.8. The number of aliphatic carboxylic acids is 1. The quantitative estimate of drug-likeness (QED) is 0.886. The molecule has 1 saturated carbocycles. The van der Waals surface area contributed by atoms with Crippen molar-refractivity contribution in [2.24, 2.45) is 5.92 Å². The summed E-state index contributed by atoms with van der Waals surface area (Å²) in [6.45, 7) is 0.453. The molecule has 1 atom stereocenters. The highest BCUT2D eigenvalue weighted by molar-refractivity contribution is 5.99. The van der Waals surface area contributed by atoms with Gasteiger partial charge in [-0.2, -0.15) is 0 Å². The zero-order valence-corrected chi connectivity index (χ0v) is 12.1. The van der Waals surface area contributed by atoms with Crippen LogP contribution >= 0.6 is 0 Å². The Labute approximate surface area is 128 Å². The minimum atomic E-state index is -0.968. The van der Waals surface area contributed by atoms with Gasteiger partial charge in [-0.15, -0.1) is 0 Å². The van der Waals surface area contributed by atoms with Gasteiger partial charge in [0.2, 0.25) is 5.91 Å². The van der Waals surface area contributed by atoms with Crippen LogP contribution in [-0.4, -0.2) is 40.4 Å². The second-order valence-corrected chi connectivity index (χ2v) is 5.84. The lowest BCUT2D eigenvalue weighted by molar-refractivity contribution is -0.141. The summed E-state index contributed by atoms with van der Waals surface area (Å²) in [6.07, 6.45) is 3.01. The van der Waals surface area contributed by atoms with Gasteiger partial charge in [-0.3, -0.25) is 9.59 Å². The van der Waals surface area contributed by atoms with Crippen LogP contribution in [0.15, 0.2) is 24.3 Å². The molecule has 0 spiro atoms. The molecule has 6 nitrogen and oxygen atoms in total. The molecular formula is C16H18N2O4. The number of carbonyl (C=O) groups excluding carboxylic acids is 2. The number of amides is 2. The fourth-order valence-corrected chi connectivity index (χ4v) is 2.75. The van der Waals surface area contributed by atoms with Gasteiger partial charge in [-0.25, -0.2) is 4.79 Å². The van der Waals surface area contributed by atoms with Gasteiger partial charge in [-0.1, -0.05) is 6.07 Å². The lowest BCUT2D eigenvalue weighted by Gasteiger charge is -2.21. The molecule has 2 fully saturated rings. The van der Waals surface area contributed by atoms with E-state index in [4.69, 9.17) is 0 Å². The summed E-state index contributed by atoms with van der Waals surface area (Å²) < 4.78 is 0. The molecule has 0 unspecified atom stereocenters. The Hall–Kier alpha value is -2.37. The number of benzene rings is 1. The molecule has 116 valence electrons. The van der Waals surface area contributed by atoms with Crippen LogP contribution in [0.25, 0.3) is 0 Å². The molecule has 2 amide bonds. The Morgan fingerprint density at radius 1 is 1.18 bits per heavy atom. The van der Waals surface area contributed by atoms with Crippen molar-refractivity contribution in [1.82, 2.24) is 4.90 Å². The molecule has 22 heavy (non-hydrogen) atoms. The number of rotatable bonds is 4. The fourth-order valence-electron chi connectivity index (χ4n) is 2.75. The van der Waals surface area contributed by atoms with Crippen molar-refractivity contribution in [2.45, 2.75) is 31.7 Å². The van der Waals surface area contributed by atoms with Crippen LogP contribution in [0.1, 0.15) is 36.0 Å². The van der Waals surface area contributed by atoms with Gasteiger partial charge in [0, 0.05) is 23.7 Å². The molecule has 1 aromatic rings. The van der Waals surface area contributed by atoms with Crippen molar-refractivity contribution < 1.29 is 19.5 Å². The first kappa shape index (κ1) is 14.6. The Bertz CT molecular complexity index is 624. The highest BCUT2D eigenvalue weighted by atomic mass is 16.4. The van der Waals surface area contributed by atoms with Crippen LogP contribution in [-0.2, 0) is 9.59 Å². The number of carboxylic acid groups (broad SMARTS) is 1. The van der Waals surface area contributed by atoms with E-state index in [-0.39, 0.29) is 17.7 Å². The topological polar surface area (TPSA) is 86.7 Å². The van der Waals surface area contributed by atoms with Crippen LogP contribution in [0.4, 0.5) is 5.69 Å². The standard InChI is InChI=1S/C16H18N2O4/c19-14(10-6-7-10)17-12-4-1-3-11(9-12)15(20)18-8-2-5-13(18)16(21)22/h1,3-4,9-10,13H,2,5-8H2,(H,17,19)(H,21,22)/t13-/m1/s1. The van der Waals surface area contributed by atoms with Crippen molar-refractivity contribution >= 4 is 23.5 Å². The number of nitrogens with zero attached hydrogens (tertiary/aromatic N) is 1. The molecular weight excluding hydrogens is 284 g/mol. The first-order valence-corrected chi connectivity index (χ1v) is 7.51. The van der Waals surface area contributed by atoms with Gasteiger partial charge >= 0.3 is 5.97 Å². The van der Waals surface area contributed by atoms with Gasteiger partial charge in [0.1, 0.15) is 6.04 Å². The summed E-state index contributed by atoms with van der Waals surface area (Å²) in [5.41, 5.74) is 0.982. The van der Waals surface area contributed by atoms with Crippen molar-refractivity contribution in [2.75, 3.05) is 11.9 Å². The minimum Gasteiger partial charge on any atom is -0.480 e. The third-order valence-electron chi connectivity index (χ3n) is 4.12. The number of hydrogen-bond donors (Lipinski definition) is 2. The highest BCUT2D eigenvalue weighted by Gasteiger charge is 2.34. The fraction of sp³-hybridized carbons (Fsp3) is 0.438. The number of carboxylic acids is 1. The summed E-state index contributed by atoms with van der Waals surface area (Å²) in [7, 11) is 0. The van der Waals surface area contributed by atoms with Crippen LogP contribution in [0.3, 0.4) is 0 Å². The minimum absolute atomic E-state index is 0.0193. The van der Waals surface area contributed by atoms with Gasteiger partial charge in [0.05, 0.1) is 0 Å². The average Bonchev–Trinajstić information content (AvgIpc) is 3.23. The monoisotopic (exact) mass is 302 g/mol. The van der Waals surface area contributed by atoms with Crippen molar-refractivity contribution in [3.8, 4) is 0 Å². The molecule has 0 radical (unpaired) electrons. The maximum Gasteiger partial charge on any atom is 0.326 e. The number of nitrogens with one attached hydrogen (secondary N) is 1. The molecule has 1 aromatic carbocycles. The normalized spacial score (nSPS) is 20.7. The molecule has 1 aliphatic heterocycles. The third kappa shape index (κ3) is 2.95. The smallest absolute Gasteiger partial charge is 0.326 e. The van der Waals surface area contributed by atoms with Crippen molar-refractivity contribution in [1.29, 1.82) is 0 Å². The predicted octanol–water partition coefficient (Wildman–Crippen LogP) is 1.72. The molecule has 1 saturated heterocycles. The van der Waals surface area contributed by atoms with Crippen molar-refractivity contribution in [3.05, 3.63) is 29.8 Å². The molecule has 2 N–H and O–H groups in total. The lowest BCUT2D eigenvalue weighted by atomic mass is 10.1. The summed E-state index contributed by atoms with van der Waals surface area (Å²) in [6, 6.07) is 5.93. The van der Waals surface area contributed by atoms with E-state index in [1.165, 1.54) is 4.90 Å². The Morgan fingerprint density at radius 3 is 2.64 bits per heavy atom. The van der Waals surface area contributed by atoms with E-state index in [1.807, 2.05) is 0 Å². The van der Waals surface area contributed by atoms with E-state index in [9.17, 15) is 19.5 Å². The average molecular weight is 302 g/mol. The van der Waals surface area contributed by atoms with E-state index < -0.39 is 12.0 Å². The first-order valence-electron chi connectivity index (χ1n) is 7.51. The summed E-state index contributed by atoms with van der Waals surface area (Å²) in [5, 5.41) is 12.0. The van der Waals surface area contributed by atoms with Crippen LogP contribution in [0.5, 0.6) is 0 Å². The first-order chi connectivity index (χ1) is 10.6. The lowest BCUT2D eigenvalue weighted by Crippen LogP contribution is -2.40. The van der Waals surface area contributed by atoms with Crippen LogP contribution in [0, 0.1) is 5.92 Å². The van der Waals surface area contributed by atoms with E-state index in [1.54, 1.807) is 24.3 Å². The Kier molecular flexibility index (Phi) is 3.83. The summed E-state index contributed by atoms with van der Waals surface area (Å²) in [5.74, 6) is -1.19. The molecule has 1 heterocycles. The van der Waals surface area contributed by atoms with Crippen LogP contribution < -0.4 is 5.32 Å². The molecule has 0 aromatic heterocycles. The van der Waals surface area contributed by atoms with Gasteiger partial charge in [0.25, 0.3) is 5.91 Å². The largest absolute Gasteiger partial charge is 0.480 e. The van der Waals surface area contributed by atoms with Gasteiger partial charge < -0.3 is 15.3 Å². The molecule has 6 heteroatoms. The van der Waals surface area contributed by atoms with Crippen LogP contribution in [0.2, 0.25) is 0 Å². The second-order valence-electron chi connectivity index (χ2n) is 5.84. The maximum absolute atomic E-state index is 12.5. The Balaban J connectivity index is 1.74. The number of hydrogen-bond acceptors (Lipinski definition) is 3. The zero-order valence-electron chi connectivity index (χ0n) is 12.1. The van der Waals surface area contributed by atoms with E-state index in [0.29, 0.717) is 30.6 Å². The van der Waals surface area contributed by atoms with Gasteiger partial charge in [-0.05, 0) is 43.9 Å². The van der Waals surface area contributed by atoms with Gasteiger partial charge in [0.15, 0.2) is 0 Å². The van der Waals surface area contributed by atoms with Crippen molar-refractivity contribution in [3.63, 3.8) is 0 Å². The Morgan fingerprint density at radius 2 is 1.95 bits per heavy atom. The number of likely N-dealkylation sites (tertiary alicyclic amines) is 1. The predicted molar refractivity (Wildman–Crippen MR) is 79.5 cm³/mol. The van der Waals surface area contributed by atoms with E-state index in [2.05, 4.69) is 5.32 Å². The zero-order chi connectivity index (χ0) is 15.7. The van der Waals surface area contributed by atoms with E-state index in [0.717, 1.165) is 12.8 Å². The summed E-state index contributed by atoms with van der Waals surface area (Å²) >= 11 is 0. The molecule has 2 aliphatic rings. The second kappa shape index (κ2) is 5.79. The molecule has 3 rings (SSSR count). The SMILES string of the molecule is O=C(Nc1cccc(C(=O)N2CCC[C@@H]2C(=O)O)c1)C1CC1. The molecule has 1 aliphatic carbocycles. The number of anilines is 1. The maximum atomic E-state index is 12.5. The number of carbonyl (C=O) groups is 3. The highest BCUT2D eigenvalue weighted by Crippen LogP contribution is 2.30. The van der Waals surface area contributed by atoms with E-state index >= 15 is 0 Å².